The number of nitrogens with one attached hydrogen (secondary N) is 1. The van der Waals surface area contributed by atoms with E-state index in [4.69, 9.17) is 0 Å². The molecule has 1 N–H and O–H groups in total. The summed E-state index contributed by atoms with van der Waals surface area (Å²) in [7, 11) is 2.06. The van der Waals surface area contributed by atoms with Crippen LogP contribution in [0.2, 0.25) is 0 Å². The minimum Gasteiger partial charge on any atom is -0.319 e. The summed E-state index contributed by atoms with van der Waals surface area (Å²) in [6, 6.07) is 0. The van der Waals surface area contributed by atoms with E-state index in [1.165, 1.54) is 31.2 Å². The van der Waals surface area contributed by atoms with E-state index < -0.39 is 0 Å². The van der Waals surface area contributed by atoms with Crippen LogP contribution in [-0.2, 0) is 6.42 Å². The molecule has 0 saturated carbocycles. The van der Waals surface area contributed by atoms with Crippen LogP contribution in [-0.4, -0.2) is 13.6 Å². The molecule has 1 aliphatic carbocycles. The van der Waals surface area contributed by atoms with E-state index >= 15 is 0 Å². The SMILES string of the molecule is CNC[C@H]1CCCCc2c(C)csc21. The molecular formula is C12H19NS. The molecule has 1 heterocycles. The van der Waals surface area contributed by atoms with Gasteiger partial charge in [-0.15, -0.1) is 11.3 Å². The van der Waals surface area contributed by atoms with Crippen LogP contribution in [0.1, 0.15) is 41.2 Å². The van der Waals surface area contributed by atoms with Crippen LogP contribution in [0, 0.1) is 6.92 Å². The van der Waals surface area contributed by atoms with Crippen molar-refractivity contribution in [1.82, 2.24) is 5.32 Å². The van der Waals surface area contributed by atoms with Gasteiger partial charge in [0.2, 0.25) is 0 Å². The van der Waals surface area contributed by atoms with Crippen LogP contribution in [0.15, 0.2) is 5.38 Å². The third-order valence-corrected chi connectivity index (χ3v) is 4.49. The quantitative estimate of drug-likeness (QED) is 0.738. The second kappa shape index (κ2) is 4.45. The third kappa shape index (κ3) is 1.86. The first-order valence-corrected chi connectivity index (χ1v) is 6.42. The molecule has 1 nitrogen and oxygen atoms in total. The van der Waals surface area contributed by atoms with Crippen molar-refractivity contribution < 1.29 is 0 Å². The molecule has 1 aromatic rings. The molecule has 2 heteroatoms. The summed E-state index contributed by atoms with van der Waals surface area (Å²) in [5.74, 6) is 0.774. The van der Waals surface area contributed by atoms with Crippen molar-refractivity contribution in [3.63, 3.8) is 0 Å². The molecule has 0 saturated heterocycles. The molecule has 0 radical (unpaired) electrons. The molecule has 0 unspecified atom stereocenters. The first-order chi connectivity index (χ1) is 6.83. The average Bonchev–Trinajstić information content (AvgIpc) is 2.43. The van der Waals surface area contributed by atoms with E-state index in [2.05, 4.69) is 24.7 Å². The zero-order valence-corrected chi connectivity index (χ0v) is 9.91. The van der Waals surface area contributed by atoms with Gasteiger partial charge in [0.25, 0.3) is 0 Å². The van der Waals surface area contributed by atoms with E-state index in [9.17, 15) is 0 Å². The van der Waals surface area contributed by atoms with E-state index in [-0.39, 0.29) is 0 Å². The number of fused-ring (bicyclic) bond motifs is 1. The molecule has 0 fully saturated rings. The van der Waals surface area contributed by atoms with E-state index in [0.29, 0.717) is 0 Å². The molecule has 0 aromatic carbocycles. The Labute approximate surface area is 90.5 Å². The monoisotopic (exact) mass is 209 g/mol. The molecule has 0 aliphatic heterocycles. The molecule has 0 spiro atoms. The minimum atomic E-state index is 0.774. The van der Waals surface area contributed by atoms with Gasteiger partial charge in [-0.25, -0.2) is 0 Å². The van der Waals surface area contributed by atoms with Gasteiger partial charge in [-0.05, 0) is 49.7 Å². The predicted molar refractivity (Wildman–Crippen MR) is 63.3 cm³/mol. The molecule has 78 valence electrons. The number of aryl methyl sites for hydroxylation is 1. The third-order valence-electron chi connectivity index (χ3n) is 3.19. The van der Waals surface area contributed by atoms with Crippen LogP contribution < -0.4 is 5.32 Å². The zero-order chi connectivity index (χ0) is 9.97. The van der Waals surface area contributed by atoms with Crippen molar-refractivity contribution in [2.24, 2.45) is 0 Å². The Hall–Kier alpha value is -0.340. The lowest BCUT2D eigenvalue weighted by molar-refractivity contribution is 0.571. The molecule has 0 bridgehead atoms. The Bertz CT molecular complexity index is 303. The molecule has 2 rings (SSSR count). The summed E-state index contributed by atoms with van der Waals surface area (Å²) >= 11 is 1.97. The summed E-state index contributed by atoms with van der Waals surface area (Å²) in [6.45, 7) is 3.41. The molecule has 1 aliphatic rings. The van der Waals surface area contributed by atoms with Gasteiger partial charge in [-0.1, -0.05) is 6.42 Å². The molecule has 1 atom stereocenters. The van der Waals surface area contributed by atoms with Crippen LogP contribution in [0.4, 0.5) is 0 Å². The van der Waals surface area contributed by atoms with Gasteiger partial charge in [-0.3, -0.25) is 0 Å². The standard InChI is InChI=1S/C12H19NS/c1-9-8-14-12-10(7-13-2)5-3-4-6-11(9)12/h8,10,13H,3-7H2,1-2H3/t10-/m1/s1. The second-order valence-electron chi connectivity index (χ2n) is 4.26. The van der Waals surface area contributed by atoms with Gasteiger partial charge in [0.15, 0.2) is 0 Å². The Morgan fingerprint density at radius 2 is 2.36 bits per heavy atom. The lowest BCUT2D eigenvalue weighted by atomic mass is 10.0. The zero-order valence-electron chi connectivity index (χ0n) is 9.10. The van der Waals surface area contributed by atoms with Crippen LogP contribution in [0.25, 0.3) is 0 Å². The van der Waals surface area contributed by atoms with E-state index in [1.807, 2.05) is 11.3 Å². The van der Waals surface area contributed by atoms with Gasteiger partial charge in [-0.2, -0.15) is 0 Å². The van der Waals surface area contributed by atoms with E-state index in [1.54, 1.807) is 10.4 Å². The summed E-state index contributed by atoms with van der Waals surface area (Å²) in [5, 5.41) is 5.65. The van der Waals surface area contributed by atoms with Crippen LogP contribution in [0.3, 0.4) is 0 Å². The Kier molecular flexibility index (Phi) is 3.24. The van der Waals surface area contributed by atoms with Crippen LogP contribution in [0.5, 0.6) is 0 Å². The highest BCUT2D eigenvalue weighted by Crippen LogP contribution is 2.36. The van der Waals surface area contributed by atoms with Crippen LogP contribution >= 0.6 is 11.3 Å². The number of hydrogen-bond donors (Lipinski definition) is 1. The first-order valence-electron chi connectivity index (χ1n) is 5.54. The van der Waals surface area contributed by atoms with Gasteiger partial charge >= 0.3 is 0 Å². The Balaban J connectivity index is 2.28. The number of thiophene rings is 1. The lowest BCUT2D eigenvalue weighted by Gasteiger charge is -2.13. The van der Waals surface area contributed by atoms with Gasteiger partial charge in [0.1, 0.15) is 0 Å². The minimum absolute atomic E-state index is 0.774. The largest absolute Gasteiger partial charge is 0.319 e. The predicted octanol–water partition coefficient (Wildman–Crippen LogP) is 3.09. The number of likely N-dealkylation sites (N-methyl/N-ethyl adjacent to an activating group) is 1. The van der Waals surface area contributed by atoms with Crippen molar-refractivity contribution in [2.75, 3.05) is 13.6 Å². The molecular weight excluding hydrogens is 190 g/mol. The van der Waals surface area contributed by atoms with Crippen molar-refractivity contribution in [1.29, 1.82) is 0 Å². The normalized spacial score (nSPS) is 21.7. The topological polar surface area (TPSA) is 12.0 Å². The fourth-order valence-corrected chi connectivity index (χ4v) is 3.66. The smallest absolute Gasteiger partial charge is 0.0124 e. The molecule has 1 aromatic heterocycles. The molecule has 14 heavy (non-hydrogen) atoms. The maximum absolute atomic E-state index is 3.32. The highest BCUT2D eigenvalue weighted by Gasteiger charge is 2.20. The number of hydrogen-bond acceptors (Lipinski definition) is 2. The highest BCUT2D eigenvalue weighted by atomic mass is 32.1. The average molecular weight is 209 g/mol. The fraction of sp³-hybridized carbons (Fsp3) is 0.667. The first kappa shape index (κ1) is 10.2. The highest BCUT2D eigenvalue weighted by molar-refractivity contribution is 7.10. The van der Waals surface area contributed by atoms with Gasteiger partial charge < -0.3 is 5.32 Å². The summed E-state index contributed by atoms with van der Waals surface area (Å²) in [6.07, 6.45) is 5.46. The summed E-state index contributed by atoms with van der Waals surface area (Å²) < 4.78 is 0. The number of rotatable bonds is 2. The van der Waals surface area contributed by atoms with Crippen molar-refractivity contribution in [3.8, 4) is 0 Å². The Morgan fingerprint density at radius 1 is 1.50 bits per heavy atom. The van der Waals surface area contributed by atoms with Gasteiger partial charge in [0, 0.05) is 17.3 Å². The maximum atomic E-state index is 3.32. The molecule has 0 amide bonds. The van der Waals surface area contributed by atoms with Gasteiger partial charge in [0.05, 0.1) is 0 Å². The fourth-order valence-electron chi connectivity index (χ4n) is 2.42. The maximum Gasteiger partial charge on any atom is 0.0124 e. The second-order valence-corrected chi connectivity index (χ2v) is 5.17. The van der Waals surface area contributed by atoms with Crippen molar-refractivity contribution in [3.05, 3.63) is 21.4 Å². The van der Waals surface area contributed by atoms with Crippen molar-refractivity contribution in [2.45, 2.75) is 38.5 Å². The van der Waals surface area contributed by atoms with E-state index in [0.717, 1.165) is 12.5 Å². The van der Waals surface area contributed by atoms with Crippen molar-refractivity contribution >= 4 is 11.3 Å². The summed E-state index contributed by atoms with van der Waals surface area (Å²) in [4.78, 5) is 1.66. The Morgan fingerprint density at radius 3 is 3.14 bits per heavy atom. The summed E-state index contributed by atoms with van der Waals surface area (Å²) in [5.41, 5.74) is 3.18. The lowest BCUT2D eigenvalue weighted by Crippen LogP contribution is -2.16.